The Kier molecular flexibility index (Phi) is 4.78. The van der Waals surface area contributed by atoms with Crippen LogP contribution in [-0.2, 0) is 9.47 Å². The SMILES string of the molecule is COCCN1CCCC2(CC(Oc3ccccc3)CO2)C1. The van der Waals surface area contributed by atoms with Crippen LogP contribution in [0.15, 0.2) is 30.3 Å². The minimum Gasteiger partial charge on any atom is -0.488 e. The van der Waals surface area contributed by atoms with Gasteiger partial charge >= 0.3 is 0 Å². The molecule has 116 valence electrons. The van der Waals surface area contributed by atoms with Crippen molar-refractivity contribution < 1.29 is 14.2 Å². The fraction of sp³-hybridized carbons (Fsp3) is 0.647. The number of hydrogen-bond donors (Lipinski definition) is 0. The Labute approximate surface area is 127 Å². The highest BCUT2D eigenvalue weighted by atomic mass is 16.6. The van der Waals surface area contributed by atoms with Crippen LogP contribution in [0.25, 0.3) is 0 Å². The van der Waals surface area contributed by atoms with E-state index in [4.69, 9.17) is 14.2 Å². The van der Waals surface area contributed by atoms with E-state index in [0.717, 1.165) is 44.8 Å². The number of ether oxygens (including phenoxy) is 3. The molecular weight excluding hydrogens is 266 g/mol. The molecule has 2 atom stereocenters. The minimum absolute atomic E-state index is 0.00849. The molecule has 4 nitrogen and oxygen atoms in total. The maximum Gasteiger partial charge on any atom is 0.125 e. The Morgan fingerprint density at radius 3 is 3.00 bits per heavy atom. The fourth-order valence-electron chi connectivity index (χ4n) is 3.46. The summed E-state index contributed by atoms with van der Waals surface area (Å²) in [5.41, 5.74) is -0.00849. The van der Waals surface area contributed by atoms with Crippen molar-refractivity contribution in [2.75, 3.05) is 40.0 Å². The van der Waals surface area contributed by atoms with E-state index in [2.05, 4.69) is 4.90 Å². The number of benzene rings is 1. The Bertz CT molecular complexity index is 439. The van der Waals surface area contributed by atoms with Crippen LogP contribution in [0, 0.1) is 0 Å². The highest BCUT2D eigenvalue weighted by Crippen LogP contribution is 2.36. The average molecular weight is 291 g/mol. The second-order valence-corrected chi connectivity index (χ2v) is 6.12. The van der Waals surface area contributed by atoms with Gasteiger partial charge in [-0.15, -0.1) is 0 Å². The van der Waals surface area contributed by atoms with Crippen LogP contribution >= 0.6 is 0 Å². The molecule has 2 heterocycles. The standard InChI is InChI=1S/C17H25NO3/c1-19-11-10-18-9-5-8-17(14-18)12-16(13-20-17)21-15-6-3-2-4-7-15/h2-4,6-7,16H,5,8-14H2,1H3. The molecule has 0 N–H and O–H groups in total. The highest BCUT2D eigenvalue weighted by Gasteiger charge is 2.44. The summed E-state index contributed by atoms with van der Waals surface area (Å²) in [7, 11) is 1.76. The zero-order valence-corrected chi connectivity index (χ0v) is 12.8. The zero-order chi connectivity index (χ0) is 14.5. The van der Waals surface area contributed by atoms with Crippen molar-refractivity contribution >= 4 is 0 Å². The lowest BCUT2D eigenvalue weighted by Crippen LogP contribution is -2.48. The third kappa shape index (κ3) is 3.76. The Hall–Kier alpha value is -1.10. The van der Waals surface area contributed by atoms with Crippen molar-refractivity contribution in [2.24, 2.45) is 0 Å². The first-order valence-electron chi connectivity index (χ1n) is 7.87. The van der Waals surface area contributed by atoms with Gasteiger partial charge in [0.05, 0.1) is 18.8 Å². The van der Waals surface area contributed by atoms with E-state index in [1.54, 1.807) is 7.11 Å². The molecule has 0 bridgehead atoms. The molecule has 1 aromatic rings. The third-order valence-corrected chi connectivity index (χ3v) is 4.45. The van der Waals surface area contributed by atoms with Crippen LogP contribution in [0.1, 0.15) is 19.3 Å². The van der Waals surface area contributed by atoms with Gasteiger partial charge in [-0.05, 0) is 31.5 Å². The molecule has 4 heteroatoms. The van der Waals surface area contributed by atoms with E-state index in [9.17, 15) is 0 Å². The summed E-state index contributed by atoms with van der Waals surface area (Å²) in [6, 6.07) is 10.0. The maximum absolute atomic E-state index is 6.17. The summed E-state index contributed by atoms with van der Waals surface area (Å²) in [6.07, 6.45) is 3.51. The summed E-state index contributed by atoms with van der Waals surface area (Å²) in [6.45, 7) is 4.64. The predicted molar refractivity (Wildman–Crippen MR) is 81.7 cm³/mol. The number of nitrogens with zero attached hydrogens (tertiary/aromatic N) is 1. The van der Waals surface area contributed by atoms with Crippen LogP contribution < -0.4 is 4.74 Å². The van der Waals surface area contributed by atoms with E-state index in [1.807, 2.05) is 30.3 Å². The van der Waals surface area contributed by atoms with E-state index < -0.39 is 0 Å². The van der Waals surface area contributed by atoms with Crippen LogP contribution in [-0.4, -0.2) is 56.6 Å². The topological polar surface area (TPSA) is 30.9 Å². The Balaban J connectivity index is 1.55. The number of rotatable bonds is 5. The molecule has 1 spiro atoms. The van der Waals surface area contributed by atoms with Crippen molar-refractivity contribution in [2.45, 2.75) is 31.0 Å². The molecule has 2 unspecified atom stereocenters. The largest absolute Gasteiger partial charge is 0.488 e. The maximum atomic E-state index is 6.17. The van der Waals surface area contributed by atoms with Gasteiger partial charge in [-0.25, -0.2) is 0 Å². The monoisotopic (exact) mass is 291 g/mol. The smallest absolute Gasteiger partial charge is 0.125 e. The van der Waals surface area contributed by atoms with Crippen molar-refractivity contribution in [1.29, 1.82) is 0 Å². The number of hydrogen-bond acceptors (Lipinski definition) is 4. The first-order chi connectivity index (χ1) is 10.3. The van der Waals surface area contributed by atoms with Crippen molar-refractivity contribution in [3.63, 3.8) is 0 Å². The van der Waals surface area contributed by atoms with Gasteiger partial charge in [-0.2, -0.15) is 0 Å². The molecule has 2 aliphatic heterocycles. The quantitative estimate of drug-likeness (QED) is 0.833. The molecule has 2 saturated heterocycles. The molecular formula is C17H25NO3. The van der Waals surface area contributed by atoms with Gasteiger partial charge in [0.15, 0.2) is 0 Å². The molecule has 0 radical (unpaired) electrons. The van der Waals surface area contributed by atoms with Crippen LogP contribution in [0.3, 0.4) is 0 Å². The Morgan fingerprint density at radius 1 is 1.33 bits per heavy atom. The molecule has 0 aromatic heterocycles. The van der Waals surface area contributed by atoms with Gasteiger partial charge in [-0.3, -0.25) is 4.90 Å². The second-order valence-electron chi connectivity index (χ2n) is 6.12. The van der Waals surface area contributed by atoms with E-state index in [-0.39, 0.29) is 11.7 Å². The van der Waals surface area contributed by atoms with Crippen molar-refractivity contribution in [3.05, 3.63) is 30.3 Å². The molecule has 2 fully saturated rings. The van der Waals surface area contributed by atoms with Crippen molar-refractivity contribution in [3.8, 4) is 5.75 Å². The first kappa shape index (κ1) is 14.8. The molecule has 0 amide bonds. The van der Waals surface area contributed by atoms with Crippen LogP contribution in [0.4, 0.5) is 0 Å². The highest BCUT2D eigenvalue weighted by molar-refractivity contribution is 5.21. The number of methoxy groups -OCH3 is 1. The first-order valence-corrected chi connectivity index (χ1v) is 7.87. The molecule has 1 aromatic carbocycles. The van der Waals surface area contributed by atoms with Gasteiger partial charge in [0.2, 0.25) is 0 Å². The number of para-hydroxylation sites is 1. The van der Waals surface area contributed by atoms with Crippen LogP contribution in [0.2, 0.25) is 0 Å². The van der Waals surface area contributed by atoms with Gasteiger partial charge < -0.3 is 14.2 Å². The molecule has 3 rings (SSSR count). The van der Waals surface area contributed by atoms with Gasteiger partial charge in [0.25, 0.3) is 0 Å². The molecule has 2 aliphatic rings. The molecule has 0 aliphatic carbocycles. The minimum atomic E-state index is -0.00849. The second kappa shape index (κ2) is 6.77. The van der Waals surface area contributed by atoms with E-state index in [1.165, 1.54) is 6.42 Å². The zero-order valence-electron chi connectivity index (χ0n) is 12.8. The number of piperidine rings is 1. The lowest BCUT2D eigenvalue weighted by molar-refractivity contribution is -0.0552. The van der Waals surface area contributed by atoms with Gasteiger partial charge in [-0.1, -0.05) is 18.2 Å². The fourth-order valence-corrected chi connectivity index (χ4v) is 3.46. The lowest BCUT2D eigenvalue weighted by Gasteiger charge is -2.39. The lowest BCUT2D eigenvalue weighted by atomic mass is 9.89. The van der Waals surface area contributed by atoms with E-state index in [0.29, 0.717) is 6.61 Å². The van der Waals surface area contributed by atoms with Gasteiger partial charge in [0.1, 0.15) is 11.9 Å². The molecule has 0 saturated carbocycles. The summed E-state index contributed by atoms with van der Waals surface area (Å²) >= 11 is 0. The Morgan fingerprint density at radius 2 is 2.19 bits per heavy atom. The summed E-state index contributed by atoms with van der Waals surface area (Å²) < 4.78 is 17.4. The normalized spacial score (nSPS) is 29.9. The number of likely N-dealkylation sites (tertiary alicyclic amines) is 1. The van der Waals surface area contributed by atoms with Crippen molar-refractivity contribution in [1.82, 2.24) is 4.90 Å². The predicted octanol–water partition coefficient (Wildman–Crippen LogP) is 2.34. The summed E-state index contributed by atoms with van der Waals surface area (Å²) in [5, 5.41) is 0. The third-order valence-electron chi connectivity index (χ3n) is 4.45. The van der Waals surface area contributed by atoms with Gasteiger partial charge in [0, 0.05) is 26.6 Å². The molecule has 21 heavy (non-hydrogen) atoms. The summed E-state index contributed by atoms with van der Waals surface area (Å²) in [5.74, 6) is 0.940. The summed E-state index contributed by atoms with van der Waals surface area (Å²) in [4.78, 5) is 2.46. The van der Waals surface area contributed by atoms with Crippen LogP contribution in [0.5, 0.6) is 5.75 Å². The van der Waals surface area contributed by atoms with E-state index >= 15 is 0 Å². The average Bonchev–Trinajstić information content (AvgIpc) is 2.88.